The topological polar surface area (TPSA) is 56.7 Å². The van der Waals surface area contributed by atoms with Crippen LogP contribution >= 0.6 is 0 Å². The lowest BCUT2D eigenvalue weighted by atomic mass is 10.0. The Morgan fingerprint density at radius 2 is 1.04 bits per heavy atom. The Kier molecular flexibility index (Phi) is 6.18. The van der Waals surface area contributed by atoms with Crippen LogP contribution in [0.1, 0.15) is 0 Å². The molecule has 5 heteroatoms. The molecule has 0 radical (unpaired) electrons. The van der Waals surface area contributed by atoms with E-state index in [2.05, 4.69) is 144 Å². The van der Waals surface area contributed by atoms with E-state index in [9.17, 15) is 0 Å². The molecule has 0 saturated heterocycles. The highest BCUT2D eigenvalue weighted by Crippen LogP contribution is 2.42. The molecule has 0 aliphatic carbocycles. The standard InChI is InChI=1S/C47H28N4O/c1-3-14-30(15-4-1)45-48-46(50-47(49-45)37-22-12-24-40-43(37)38-27-31-16-7-8-17-32(31)28-41(38)52-40)36-21-11-23-39-42(36)35-26-25-29-13-9-10-20-34(29)44(35)51(39)33-18-5-2-6-19-33/h1-28H. The van der Waals surface area contributed by atoms with Crippen LogP contribution in [0.15, 0.2) is 174 Å². The Morgan fingerprint density at radius 3 is 1.83 bits per heavy atom. The number of benzene rings is 8. The van der Waals surface area contributed by atoms with Gasteiger partial charge in [-0.15, -0.1) is 0 Å². The first kappa shape index (κ1) is 28.7. The number of aromatic nitrogens is 4. The maximum Gasteiger partial charge on any atom is 0.164 e. The highest BCUT2D eigenvalue weighted by molar-refractivity contribution is 6.22. The van der Waals surface area contributed by atoms with Crippen LogP contribution in [-0.2, 0) is 0 Å². The minimum atomic E-state index is 0.597. The van der Waals surface area contributed by atoms with Crippen LogP contribution in [0.3, 0.4) is 0 Å². The van der Waals surface area contributed by atoms with E-state index < -0.39 is 0 Å². The normalized spacial score (nSPS) is 11.8. The van der Waals surface area contributed by atoms with E-state index in [1.54, 1.807) is 0 Å². The van der Waals surface area contributed by atoms with Gasteiger partial charge in [0.2, 0.25) is 0 Å². The molecule has 52 heavy (non-hydrogen) atoms. The third kappa shape index (κ3) is 4.33. The van der Waals surface area contributed by atoms with Crippen molar-refractivity contribution in [2.24, 2.45) is 0 Å². The lowest BCUT2D eigenvalue weighted by molar-refractivity contribution is 0.669. The molecule has 0 aliphatic heterocycles. The minimum absolute atomic E-state index is 0.597. The summed E-state index contributed by atoms with van der Waals surface area (Å²) in [6, 6.07) is 59.1. The zero-order valence-corrected chi connectivity index (χ0v) is 27.9. The highest BCUT2D eigenvalue weighted by Gasteiger charge is 2.22. The first-order valence-electron chi connectivity index (χ1n) is 17.5. The van der Waals surface area contributed by atoms with Gasteiger partial charge in [0.1, 0.15) is 11.2 Å². The second kappa shape index (κ2) is 11.2. The number of para-hydroxylation sites is 1. The van der Waals surface area contributed by atoms with Crippen molar-refractivity contribution in [2.75, 3.05) is 0 Å². The number of hydrogen-bond acceptors (Lipinski definition) is 4. The molecule has 3 aromatic heterocycles. The van der Waals surface area contributed by atoms with E-state index in [0.717, 1.165) is 76.9 Å². The number of furan rings is 1. The van der Waals surface area contributed by atoms with Crippen molar-refractivity contribution < 1.29 is 4.42 Å². The maximum atomic E-state index is 6.46. The van der Waals surface area contributed by atoms with Gasteiger partial charge in [0.15, 0.2) is 17.5 Å². The van der Waals surface area contributed by atoms with Gasteiger partial charge >= 0.3 is 0 Å². The average Bonchev–Trinajstić information content (AvgIpc) is 3.76. The molecule has 0 bridgehead atoms. The molecule has 11 rings (SSSR count). The summed E-state index contributed by atoms with van der Waals surface area (Å²) in [6.45, 7) is 0. The molecule has 0 unspecified atom stereocenters. The summed E-state index contributed by atoms with van der Waals surface area (Å²) in [5, 5.41) is 8.95. The van der Waals surface area contributed by atoms with Gasteiger partial charge < -0.3 is 8.98 Å². The summed E-state index contributed by atoms with van der Waals surface area (Å²) in [4.78, 5) is 15.7. The SMILES string of the molecule is c1ccc(-c2nc(-c3cccc4oc5cc6ccccc6cc5c34)nc(-c3cccc4c3c3ccc5ccccc5c3n4-c3ccccc3)n2)cc1. The molecule has 0 fully saturated rings. The third-order valence-electron chi connectivity index (χ3n) is 10.2. The van der Waals surface area contributed by atoms with Crippen LogP contribution in [0, 0.1) is 0 Å². The lowest BCUT2D eigenvalue weighted by Crippen LogP contribution is -2.01. The summed E-state index contributed by atoms with van der Waals surface area (Å²) in [7, 11) is 0. The van der Waals surface area contributed by atoms with Crippen molar-refractivity contribution in [2.45, 2.75) is 0 Å². The molecular weight excluding hydrogens is 637 g/mol. The molecule has 5 nitrogen and oxygen atoms in total. The van der Waals surface area contributed by atoms with Crippen LogP contribution in [0.4, 0.5) is 0 Å². The molecule has 0 atom stereocenters. The predicted molar refractivity (Wildman–Crippen MR) is 213 cm³/mol. The third-order valence-corrected chi connectivity index (χ3v) is 10.2. The van der Waals surface area contributed by atoms with Gasteiger partial charge in [-0.25, -0.2) is 15.0 Å². The number of hydrogen-bond donors (Lipinski definition) is 0. The fraction of sp³-hybridized carbons (Fsp3) is 0. The molecule has 242 valence electrons. The lowest BCUT2D eigenvalue weighted by Gasteiger charge is -2.11. The monoisotopic (exact) mass is 664 g/mol. The molecule has 3 heterocycles. The van der Waals surface area contributed by atoms with Gasteiger partial charge in [-0.05, 0) is 52.6 Å². The van der Waals surface area contributed by atoms with Crippen LogP contribution in [0.5, 0.6) is 0 Å². The molecular formula is C47H28N4O. The second-order valence-electron chi connectivity index (χ2n) is 13.2. The first-order chi connectivity index (χ1) is 25.8. The predicted octanol–water partition coefficient (Wildman–Crippen LogP) is 12.2. The van der Waals surface area contributed by atoms with Crippen molar-refractivity contribution in [3.05, 3.63) is 170 Å². The zero-order valence-electron chi connectivity index (χ0n) is 27.9. The summed E-state index contributed by atoms with van der Waals surface area (Å²) in [5.41, 5.74) is 7.76. The van der Waals surface area contributed by atoms with E-state index in [0.29, 0.717) is 17.5 Å². The smallest absolute Gasteiger partial charge is 0.164 e. The molecule has 0 N–H and O–H groups in total. The van der Waals surface area contributed by atoms with Crippen LogP contribution in [-0.4, -0.2) is 19.5 Å². The molecule has 8 aromatic carbocycles. The molecule has 11 aromatic rings. The van der Waals surface area contributed by atoms with Gasteiger partial charge in [0.25, 0.3) is 0 Å². The fourth-order valence-corrected chi connectivity index (χ4v) is 7.89. The maximum absolute atomic E-state index is 6.46. The zero-order chi connectivity index (χ0) is 34.2. The molecule has 0 amide bonds. The molecule has 0 saturated carbocycles. The largest absolute Gasteiger partial charge is 0.456 e. The van der Waals surface area contributed by atoms with Crippen LogP contribution < -0.4 is 0 Å². The van der Waals surface area contributed by atoms with E-state index in [4.69, 9.17) is 19.4 Å². The minimum Gasteiger partial charge on any atom is -0.456 e. The van der Waals surface area contributed by atoms with Crippen molar-refractivity contribution in [1.82, 2.24) is 19.5 Å². The van der Waals surface area contributed by atoms with E-state index in [1.807, 2.05) is 30.3 Å². The Hall–Kier alpha value is -7.11. The Morgan fingerprint density at radius 1 is 0.404 bits per heavy atom. The van der Waals surface area contributed by atoms with Gasteiger partial charge in [-0.1, -0.05) is 133 Å². The van der Waals surface area contributed by atoms with Gasteiger partial charge in [-0.3, -0.25) is 0 Å². The number of fused-ring (bicyclic) bond motifs is 9. The quantitative estimate of drug-likeness (QED) is 0.188. The van der Waals surface area contributed by atoms with Crippen molar-refractivity contribution in [3.8, 4) is 39.9 Å². The van der Waals surface area contributed by atoms with E-state index >= 15 is 0 Å². The van der Waals surface area contributed by atoms with Crippen LogP contribution in [0.2, 0.25) is 0 Å². The number of rotatable bonds is 4. The summed E-state index contributed by atoms with van der Waals surface area (Å²) in [6.07, 6.45) is 0. The molecule has 0 spiro atoms. The van der Waals surface area contributed by atoms with Gasteiger partial charge in [0, 0.05) is 49.3 Å². The highest BCUT2D eigenvalue weighted by atomic mass is 16.3. The van der Waals surface area contributed by atoms with Crippen molar-refractivity contribution >= 4 is 65.3 Å². The van der Waals surface area contributed by atoms with E-state index in [-0.39, 0.29) is 0 Å². The fourth-order valence-electron chi connectivity index (χ4n) is 7.89. The first-order valence-corrected chi connectivity index (χ1v) is 17.5. The average molecular weight is 665 g/mol. The van der Waals surface area contributed by atoms with Crippen molar-refractivity contribution in [1.29, 1.82) is 0 Å². The Labute approximate surface area is 298 Å². The van der Waals surface area contributed by atoms with E-state index in [1.165, 1.54) is 10.8 Å². The summed E-state index contributed by atoms with van der Waals surface area (Å²) >= 11 is 0. The number of nitrogens with zero attached hydrogens (tertiary/aromatic N) is 4. The Balaban J connectivity index is 1.23. The Bertz CT molecular complexity index is 3180. The molecule has 0 aliphatic rings. The van der Waals surface area contributed by atoms with Crippen molar-refractivity contribution in [3.63, 3.8) is 0 Å². The summed E-state index contributed by atoms with van der Waals surface area (Å²) < 4.78 is 8.84. The van der Waals surface area contributed by atoms with Crippen LogP contribution in [0.25, 0.3) is 105 Å². The van der Waals surface area contributed by atoms with Gasteiger partial charge in [-0.2, -0.15) is 0 Å². The van der Waals surface area contributed by atoms with Gasteiger partial charge in [0.05, 0.1) is 11.0 Å². The summed E-state index contributed by atoms with van der Waals surface area (Å²) in [5.74, 6) is 1.83. The second-order valence-corrected chi connectivity index (χ2v) is 13.2.